The van der Waals surface area contributed by atoms with Crippen LogP contribution < -0.4 is 16.4 Å². The Balaban J connectivity index is 2.33. The first kappa shape index (κ1) is 20.5. The van der Waals surface area contributed by atoms with Crippen molar-refractivity contribution < 1.29 is 4.74 Å². The molecule has 3 rings (SSSR count). The number of fused-ring (bicyclic) bond motifs is 1. The van der Waals surface area contributed by atoms with E-state index in [-0.39, 0.29) is 6.04 Å². The molecule has 0 radical (unpaired) electrons. The molecular weight excluding hydrogens is 366 g/mol. The molecule has 1 atom stereocenters. The Morgan fingerprint density at radius 1 is 1.21 bits per heavy atom. The molecule has 0 aliphatic carbocycles. The zero-order valence-electron chi connectivity index (χ0n) is 17.0. The van der Waals surface area contributed by atoms with Crippen molar-refractivity contribution in [2.24, 2.45) is 21.5 Å². The molecule has 1 saturated heterocycles. The Kier molecular flexibility index (Phi) is 6.56. The van der Waals surface area contributed by atoms with Crippen LogP contribution in [0.3, 0.4) is 0 Å². The highest BCUT2D eigenvalue weighted by molar-refractivity contribution is 6.20. The van der Waals surface area contributed by atoms with Gasteiger partial charge in [-0.3, -0.25) is 15.0 Å². The van der Waals surface area contributed by atoms with Gasteiger partial charge in [-0.2, -0.15) is 0 Å². The number of anilines is 1. The van der Waals surface area contributed by atoms with Gasteiger partial charge in [0.2, 0.25) is 0 Å². The number of hydrogen-bond donors (Lipinski definition) is 2. The highest BCUT2D eigenvalue weighted by Crippen LogP contribution is 2.28. The fourth-order valence-corrected chi connectivity index (χ4v) is 3.48. The lowest BCUT2D eigenvalue weighted by Gasteiger charge is -2.34. The quantitative estimate of drug-likeness (QED) is 0.746. The fraction of sp³-hybridized carbons (Fsp3) is 0.333. The zero-order chi connectivity index (χ0) is 20.8. The highest BCUT2D eigenvalue weighted by atomic mass is 16.5. The number of morpholine rings is 1. The Bertz CT molecular complexity index is 994. The van der Waals surface area contributed by atoms with Gasteiger partial charge in [0.1, 0.15) is 17.0 Å². The van der Waals surface area contributed by atoms with E-state index >= 15 is 0 Å². The number of rotatable bonds is 5. The minimum Gasteiger partial charge on any atom is -0.405 e. The molecule has 1 aliphatic heterocycles. The topological polar surface area (TPSA) is 115 Å². The Morgan fingerprint density at radius 2 is 1.93 bits per heavy atom. The van der Waals surface area contributed by atoms with Gasteiger partial charge >= 0.3 is 0 Å². The molecule has 0 amide bonds. The third-order valence-electron chi connectivity index (χ3n) is 4.88. The van der Waals surface area contributed by atoms with Crippen molar-refractivity contribution in [3.05, 3.63) is 54.1 Å². The normalized spacial score (nSPS) is 19.0. The molecule has 4 N–H and O–H groups in total. The van der Waals surface area contributed by atoms with E-state index in [0.29, 0.717) is 24.6 Å². The van der Waals surface area contributed by atoms with Crippen LogP contribution in [-0.2, 0) is 4.74 Å². The van der Waals surface area contributed by atoms with Crippen molar-refractivity contribution in [1.29, 1.82) is 0 Å². The maximum absolute atomic E-state index is 5.67. The molecular formula is C21H27N7O. The van der Waals surface area contributed by atoms with Crippen LogP contribution >= 0.6 is 0 Å². The van der Waals surface area contributed by atoms with Gasteiger partial charge in [0, 0.05) is 37.8 Å². The number of hydrogen-bond acceptors (Lipinski definition) is 8. The van der Waals surface area contributed by atoms with Crippen LogP contribution in [0, 0.1) is 0 Å². The second kappa shape index (κ2) is 9.29. The number of allylic oxidation sites excluding steroid dienone is 2. The molecule has 0 aromatic carbocycles. The predicted molar refractivity (Wildman–Crippen MR) is 119 cm³/mol. The van der Waals surface area contributed by atoms with E-state index in [9.17, 15) is 0 Å². The smallest absolute Gasteiger partial charge is 0.130 e. The standard InChI is InChI=1S/C21H27N7O/c1-14-13-29-11-10-28(14)19-12-16(17(24-2)4-7-22)15-6-9-26-21(20(15)27-19)18(25-3)5-8-23/h4-9,12,14H,10-11,13,22-23H2,1-3H3/b7-4-,8-5?,24-17?,25-18?/t14-/m1/s1. The third kappa shape index (κ3) is 4.12. The summed E-state index contributed by atoms with van der Waals surface area (Å²) in [6.45, 7) is 4.20. The summed E-state index contributed by atoms with van der Waals surface area (Å²) >= 11 is 0. The average Bonchev–Trinajstić information content (AvgIpc) is 2.75. The van der Waals surface area contributed by atoms with Crippen LogP contribution in [0.5, 0.6) is 0 Å². The Labute approximate surface area is 170 Å². The fourth-order valence-electron chi connectivity index (χ4n) is 3.48. The number of nitrogens with two attached hydrogens (primary N) is 2. The number of ether oxygens (including phenoxy) is 1. The van der Waals surface area contributed by atoms with Gasteiger partial charge in [-0.05, 0) is 43.6 Å². The van der Waals surface area contributed by atoms with Crippen molar-refractivity contribution >= 4 is 28.1 Å². The molecule has 8 heteroatoms. The molecule has 0 unspecified atom stereocenters. The van der Waals surface area contributed by atoms with Gasteiger partial charge in [0.15, 0.2) is 0 Å². The van der Waals surface area contributed by atoms with E-state index in [1.54, 1.807) is 32.4 Å². The van der Waals surface area contributed by atoms with Crippen molar-refractivity contribution in [3.63, 3.8) is 0 Å². The number of aliphatic imine (C=N–C) groups is 2. The SMILES string of the molecule is CN=C(/C=C\N)c1cc(N2CCOC[C@H]2C)nc2c(C(C=CN)=NC)nccc12. The number of aromatic nitrogens is 2. The molecule has 0 saturated carbocycles. The van der Waals surface area contributed by atoms with Gasteiger partial charge in [0.05, 0.1) is 30.7 Å². The van der Waals surface area contributed by atoms with Gasteiger partial charge in [-0.25, -0.2) is 4.98 Å². The van der Waals surface area contributed by atoms with Crippen LogP contribution in [0.1, 0.15) is 18.2 Å². The first-order valence-corrected chi connectivity index (χ1v) is 9.49. The summed E-state index contributed by atoms with van der Waals surface area (Å²) in [6, 6.07) is 4.19. The monoisotopic (exact) mass is 393 g/mol. The third-order valence-corrected chi connectivity index (χ3v) is 4.88. The lowest BCUT2D eigenvalue weighted by atomic mass is 10.0. The maximum atomic E-state index is 5.67. The van der Waals surface area contributed by atoms with E-state index in [1.165, 1.54) is 12.4 Å². The van der Waals surface area contributed by atoms with Crippen molar-refractivity contribution in [1.82, 2.24) is 9.97 Å². The van der Waals surface area contributed by atoms with Crippen LogP contribution in [0.15, 0.2) is 52.9 Å². The second-order valence-corrected chi connectivity index (χ2v) is 6.64. The minimum atomic E-state index is 0.206. The molecule has 1 aliphatic rings. The van der Waals surface area contributed by atoms with Gasteiger partial charge in [-0.1, -0.05) is 0 Å². The molecule has 0 spiro atoms. The summed E-state index contributed by atoms with van der Waals surface area (Å²) in [7, 11) is 3.46. The van der Waals surface area contributed by atoms with Crippen LogP contribution in [0.4, 0.5) is 5.82 Å². The van der Waals surface area contributed by atoms with Crippen LogP contribution in [0.25, 0.3) is 10.9 Å². The summed E-state index contributed by atoms with van der Waals surface area (Å²) in [5, 5.41) is 0.921. The summed E-state index contributed by atoms with van der Waals surface area (Å²) in [5.41, 5.74) is 15.1. The first-order chi connectivity index (χ1) is 14.1. The molecule has 0 bridgehead atoms. The highest BCUT2D eigenvalue weighted by Gasteiger charge is 2.23. The van der Waals surface area contributed by atoms with E-state index in [0.717, 1.165) is 34.5 Å². The van der Waals surface area contributed by atoms with Crippen molar-refractivity contribution in [2.45, 2.75) is 13.0 Å². The van der Waals surface area contributed by atoms with E-state index in [1.807, 2.05) is 6.07 Å². The van der Waals surface area contributed by atoms with E-state index in [2.05, 4.69) is 32.9 Å². The van der Waals surface area contributed by atoms with Gasteiger partial charge in [-0.15, -0.1) is 0 Å². The average molecular weight is 393 g/mol. The van der Waals surface area contributed by atoms with Crippen molar-refractivity contribution in [2.75, 3.05) is 38.8 Å². The Hall–Kier alpha value is -3.26. The number of pyridine rings is 2. The molecule has 29 heavy (non-hydrogen) atoms. The molecule has 3 heterocycles. The van der Waals surface area contributed by atoms with Crippen molar-refractivity contribution in [3.8, 4) is 0 Å². The van der Waals surface area contributed by atoms with E-state index < -0.39 is 0 Å². The van der Waals surface area contributed by atoms with Gasteiger partial charge < -0.3 is 21.1 Å². The maximum Gasteiger partial charge on any atom is 0.130 e. The molecule has 152 valence electrons. The molecule has 2 aromatic heterocycles. The zero-order valence-corrected chi connectivity index (χ0v) is 17.0. The lowest BCUT2D eigenvalue weighted by Crippen LogP contribution is -2.44. The summed E-state index contributed by atoms with van der Waals surface area (Å²) in [4.78, 5) is 20.5. The van der Waals surface area contributed by atoms with Crippen LogP contribution in [0.2, 0.25) is 0 Å². The molecule has 8 nitrogen and oxygen atoms in total. The summed E-state index contributed by atoms with van der Waals surface area (Å²) < 4.78 is 5.59. The molecule has 1 fully saturated rings. The van der Waals surface area contributed by atoms with Gasteiger partial charge in [0.25, 0.3) is 0 Å². The second-order valence-electron chi connectivity index (χ2n) is 6.64. The summed E-state index contributed by atoms with van der Waals surface area (Å²) in [5.74, 6) is 0.844. The molecule has 2 aromatic rings. The minimum absolute atomic E-state index is 0.206. The van der Waals surface area contributed by atoms with Crippen LogP contribution in [-0.4, -0.2) is 61.3 Å². The predicted octanol–water partition coefficient (Wildman–Crippen LogP) is 1.64. The number of nitrogens with zero attached hydrogens (tertiary/aromatic N) is 5. The Morgan fingerprint density at radius 3 is 2.59 bits per heavy atom. The lowest BCUT2D eigenvalue weighted by molar-refractivity contribution is 0.0986. The van der Waals surface area contributed by atoms with E-state index in [4.69, 9.17) is 21.2 Å². The first-order valence-electron chi connectivity index (χ1n) is 9.49. The largest absolute Gasteiger partial charge is 0.405 e. The summed E-state index contributed by atoms with van der Waals surface area (Å²) in [6.07, 6.45) is 8.20.